The quantitative estimate of drug-likeness (QED) is 0.734. The largest absolute Gasteiger partial charge is 0.459 e. The predicted molar refractivity (Wildman–Crippen MR) is 42.9 cm³/mol. The first kappa shape index (κ1) is 13.9. The third-order valence-electron chi connectivity index (χ3n) is 2.34. The number of amides is 1. The van der Waals surface area contributed by atoms with E-state index < -0.39 is 30.7 Å². The van der Waals surface area contributed by atoms with Gasteiger partial charge in [-0.25, -0.2) is 4.79 Å². The zero-order valence-corrected chi connectivity index (χ0v) is 8.65. The zero-order valence-electron chi connectivity index (χ0n) is 8.65. The number of rotatable bonds is 3. The Hall–Kier alpha value is -1.15. The van der Waals surface area contributed by atoms with Crippen LogP contribution in [-0.2, 0) is 4.74 Å². The monoisotopic (exact) mass is 265 g/mol. The fraction of sp³-hybridized carbons (Fsp3) is 0.875. The molecule has 1 fully saturated rings. The van der Waals surface area contributed by atoms with Gasteiger partial charge in [0.2, 0.25) is 0 Å². The Morgan fingerprint density at radius 2 is 1.65 bits per heavy atom. The van der Waals surface area contributed by atoms with Crippen LogP contribution in [0.3, 0.4) is 0 Å². The number of ether oxygens (including phenoxy) is 1. The normalized spacial score (nSPS) is 19.9. The molecule has 1 saturated heterocycles. The van der Waals surface area contributed by atoms with Gasteiger partial charge >= 0.3 is 24.2 Å². The van der Waals surface area contributed by atoms with E-state index in [1.807, 2.05) is 0 Å². The van der Waals surface area contributed by atoms with E-state index in [-0.39, 0.29) is 11.3 Å². The average molecular weight is 265 g/mol. The molecule has 1 amide bonds. The lowest BCUT2D eigenvalue weighted by atomic mass is 10.1. The lowest BCUT2D eigenvalue weighted by Gasteiger charge is -2.50. The fourth-order valence-electron chi connectivity index (χ4n) is 1.47. The van der Waals surface area contributed by atoms with Crippen LogP contribution in [0.2, 0.25) is 0 Å². The van der Waals surface area contributed by atoms with Gasteiger partial charge < -0.3 is 4.74 Å². The summed E-state index contributed by atoms with van der Waals surface area (Å²) < 4.78 is 78.2. The van der Waals surface area contributed by atoms with Gasteiger partial charge in [0.1, 0.15) is 0 Å². The van der Waals surface area contributed by atoms with Crippen LogP contribution < -0.4 is 0 Å². The smallest absolute Gasteiger partial charge is 0.403 e. The van der Waals surface area contributed by atoms with E-state index in [4.69, 9.17) is 0 Å². The maximum absolute atomic E-state index is 12.5. The van der Waals surface area contributed by atoms with Crippen molar-refractivity contribution in [2.24, 2.45) is 0 Å². The second kappa shape index (κ2) is 3.95. The molecular formula is C8H9F6NO2. The summed E-state index contributed by atoms with van der Waals surface area (Å²) in [6.07, 6.45) is -12.6. The summed E-state index contributed by atoms with van der Waals surface area (Å²) in [6, 6.07) is 0. The minimum atomic E-state index is -5.72. The second-order valence-electron chi connectivity index (χ2n) is 3.51. The number of unbranched alkanes of at least 4 members (excludes halogenated alkanes) is 1. The molecule has 0 aromatic rings. The van der Waals surface area contributed by atoms with Crippen LogP contribution in [0.15, 0.2) is 0 Å². The molecule has 0 N–H and O–H groups in total. The van der Waals surface area contributed by atoms with Gasteiger partial charge in [0.25, 0.3) is 0 Å². The van der Waals surface area contributed by atoms with E-state index in [9.17, 15) is 31.1 Å². The summed E-state index contributed by atoms with van der Waals surface area (Å²) in [5.41, 5.74) is -4.48. The van der Waals surface area contributed by atoms with Crippen LogP contribution in [-0.4, -0.2) is 35.6 Å². The average Bonchev–Trinajstić information content (AvgIpc) is 2.10. The maximum atomic E-state index is 12.5. The number of halogens is 6. The topological polar surface area (TPSA) is 29.5 Å². The molecule has 1 heterocycles. The number of carbonyl (C=O) groups is 1. The first-order chi connectivity index (χ1) is 7.58. The molecule has 0 atom stereocenters. The molecule has 0 aromatic carbocycles. The van der Waals surface area contributed by atoms with Crippen LogP contribution >= 0.6 is 0 Å². The third-order valence-corrected chi connectivity index (χ3v) is 2.34. The van der Waals surface area contributed by atoms with E-state index in [1.165, 1.54) is 0 Å². The van der Waals surface area contributed by atoms with Crippen LogP contribution in [0.1, 0.15) is 19.8 Å². The number of carbonyl (C=O) groups excluding carboxylic acids is 1. The van der Waals surface area contributed by atoms with Crippen molar-refractivity contribution in [3.8, 4) is 0 Å². The molecule has 1 aliphatic heterocycles. The molecule has 0 aliphatic carbocycles. The Bertz CT molecular complexity index is 296. The summed E-state index contributed by atoms with van der Waals surface area (Å²) in [7, 11) is 0. The molecule has 17 heavy (non-hydrogen) atoms. The first-order valence-electron chi connectivity index (χ1n) is 4.72. The summed E-state index contributed by atoms with van der Waals surface area (Å²) >= 11 is 0. The Morgan fingerprint density at radius 1 is 1.18 bits per heavy atom. The van der Waals surface area contributed by atoms with Gasteiger partial charge in [-0.2, -0.15) is 26.3 Å². The van der Waals surface area contributed by atoms with Crippen molar-refractivity contribution in [2.75, 3.05) is 6.54 Å². The lowest BCUT2D eigenvalue weighted by Crippen LogP contribution is -2.79. The van der Waals surface area contributed by atoms with Crippen LogP contribution in [0, 0.1) is 0 Å². The molecule has 0 spiro atoms. The van der Waals surface area contributed by atoms with E-state index in [1.54, 1.807) is 6.92 Å². The number of cyclic esters (lactones) is 1. The summed E-state index contributed by atoms with van der Waals surface area (Å²) in [6.45, 7) is 0.933. The van der Waals surface area contributed by atoms with E-state index in [0.29, 0.717) is 6.42 Å². The minimum absolute atomic E-state index is 0.0308. The summed E-state index contributed by atoms with van der Waals surface area (Å²) in [4.78, 5) is 10.4. The number of hydrogen-bond donors (Lipinski definition) is 0. The zero-order chi connectivity index (χ0) is 13.5. The minimum Gasteiger partial charge on any atom is -0.403 e. The molecule has 100 valence electrons. The standard InChI is InChI=1S/C8H9F6NO2/c1-2-3-4-15-5(16)17-6(15,7(9,10)11)8(12,13)14/h2-4H2,1H3. The molecule has 0 bridgehead atoms. The van der Waals surface area contributed by atoms with Gasteiger partial charge in [0.05, 0.1) is 0 Å². The highest BCUT2D eigenvalue weighted by Crippen LogP contribution is 2.53. The molecule has 0 aromatic heterocycles. The molecule has 1 aliphatic rings. The van der Waals surface area contributed by atoms with Crippen molar-refractivity contribution < 1.29 is 35.9 Å². The highest BCUT2D eigenvalue weighted by atomic mass is 19.4. The highest BCUT2D eigenvalue weighted by Gasteiger charge is 2.84. The first-order valence-corrected chi connectivity index (χ1v) is 4.72. The van der Waals surface area contributed by atoms with Crippen LogP contribution in [0.25, 0.3) is 0 Å². The SMILES string of the molecule is CCCCN1C(=O)OC1(C(F)(F)F)C(F)(F)F. The van der Waals surface area contributed by atoms with E-state index >= 15 is 0 Å². The highest BCUT2D eigenvalue weighted by molar-refractivity contribution is 5.75. The van der Waals surface area contributed by atoms with Gasteiger partial charge in [-0.05, 0) is 6.42 Å². The lowest BCUT2D eigenvalue weighted by molar-refractivity contribution is -0.439. The van der Waals surface area contributed by atoms with Gasteiger partial charge in [-0.1, -0.05) is 13.3 Å². The van der Waals surface area contributed by atoms with E-state index in [2.05, 4.69) is 4.74 Å². The van der Waals surface area contributed by atoms with Crippen molar-refractivity contribution in [3.05, 3.63) is 0 Å². The predicted octanol–water partition coefficient (Wildman–Crippen LogP) is 3.06. The molecule has 0 radical (unpaired) electrons. The number of alkyl halides is 6. The summed E-state index contributed by atoms with van der Waals surface area (Å²) in [5.74, 6) is 0. The molecule has 9 heteroatoms. The second-order valence-corrected chi connectivity index (χ2v) is 3.51. The Kier molecular flexibility index (Phi) is 3.23. The molecule has 3 nitrogen and oxygen atoms in total. The van der Waals surface area contributed by atoms with Crippen molar-refractivity contribution in [1.82, 2.24) is 4.90 Å². The molecule has 0 saturated carbocycles. The Morgan fingerprint density at radius 3 is 1.94 bits per heavy atom. The van der Waals surface area contributed by atoms with Gasteiger partial charge in [-0.3, -0.25) is 4.90 Å². The van der Waals surface area contributed by atoms with Crippen molar-refractivity contribution in [2.45, 2.75) is 37.8 Å². The summed E-state index contributed by atoms with van der Waals surface area (Å²) in [5, 5.41) is 0. The molecule has 0 unspecified atom stereocenters. The molecule has 1 rings (SSSR count). The van der Waals surface area contributed by atoms with Crippen LogP contribution in [0.4, 0.5) is 31.1 Å². The Labute approximate surface area is 92.3 Å². The van der Waals surface area contributed by atoms with Gasteiger partial charge in [0.15, 0.2) is 0 Å². The maximum Gasteiger partial charge on any atom is 0.459 e. The van der Waals surface area contributed by atoms with Gasteiger partial charge in [0, 0.05) is 6.54 Å². The third kappa shape index (κ3) is 1.91. The number of hydrogen-bond acceptors (Lipinski definition) is 2. The Balaban J connectivity index is 3.05. The fourth-order valence-corrected chi connectivity index (χ4v) is 1.47. The van der Waals surface area contributed by atoms with Crippen molar-refractivity contribution in [3.63, 3.8) is 0 Å². The van der Waals surface area contributed by atoms with E-state index in [0.717, 1.165) is 0 Å². The van der Waals surface area contributed by atoms with Crippen LogP contribution in [0.5, 0.6) is 0 Å². The number of nitrogens with zero attached hydrogens (tertiary/aromatic N) is 1. The van der Waals surface area contributed by atoms with Crippen molar-refractivity contribution in [1.29, 1.82) is 0 Å². The molecular weight excluding hydrogens is 256 g/mol. The van der Waals surface area contributed by atoms with Gasteiger partial charge in [-0.15, -0.1) is 0 Å². The van der Waals surface area contributed by atoms with Crippen molar-refractivity contribution >= 4 is 6.09 Å².